The third kappa shape index (κ3) is 4.14. The van der Waals surface area contributed by atoms with Gasteiger partial charge < -0.3 is 14.9 Å². The first kappa shape index (κ1) is 19.4. The van der Waals surface area contributed by atoms with Gasteiger partial charge >= 0.3 is 5.97 Å². The number of nitrogens with zero attached hydrogens (tertiary/aromatic N) is 2. The zero-order valence-electron chi connectivity index (χ0n) is 15.2. The molecule has 0 spiro atoms. The van der Waals surface area contributed by atoms with Crippen molar-refractivity contribution >= 4 is 23.5 Å². The van der Waals surface area contributed by atoms with E-state index >= 15 is 0 Å². The molecule has 1 aliphatic rings. The van der Waals surface area contributed by atoms with Crippen LogP contribution in [0.25, 0.3) is 11.3 Å². The van der Waals surface area contributed by atoms with Gasteiger partial charge in [-0.1, -0.05) is 41.9 Å². The summed E-state index contributed by atoms with van der Waals surface area (Å²) in [4.78, 5) is 25.6. The van der Waals surface area contributed by atoms with E-state index in [1.165, 1.54) is 0 Å². The number of halogens is 1. The fourth-order valence-corrected chi connectivity index (χ4v) is 3.64. The van der Waals surface area contributed by atoms with Gasteiger partial charge in [-0.2, -0.15) is 0 Å². The molecule has 1 aromatic heterocycles. The van der Waals surface area contributed by atoms with E-state index in [9.17, 15) is 9.59 Å². The molecular weight excluding hydrogens is 370 g/mol. The van der Waals surface area contributed by atoms with Crippen LogP contribution in [0.15, 0.2) is 28.8 Å². The van der Waals surface area contributed by atoms with Crippen LogP contribution < -0.4 is 5.32 Å². The van der Waals surface area contributed by atoms with Gasteiger partial charge in [0, 0.05) is 17.6 Å². The van der Waals surface area contributed by atoms with Crippen molar-refractivity contribution in [3.63, 3.8) is 0 Å². The third-order valence-corrected chi connectivity index (χ3v) is 5.26. The van der Waals surface area contributed by atoms with E-state index in [-0.39, 0.29) is 24.5 Å². The SMILES string of the molecule is CCN(CC(=O)O)C1CC(NC(=O)c2c(-c3ccccc3Cl)noc2C)C1. The summed E-state index contributed by atoms with van der Waals surface area (Å²) >= 11 is 6.23. The van der Waals surface area contributed by atoms with Gasteiger partial charge in [-0.05, 0) is 32.4 Å². The van der Waals surface area contributed by atoms with Crippen LogP contribution >= 0.6 is 11.6 Å². The number of carbonyl (C=O) groups is 2. The van der Waals surface area contributed by atoms with Gasteiger partial charge in [-0.15, -0.1) is 0 Å². The molecule has 0 saturated heterocycles. The van der Waals surface area contributed by atoms with E-state index in [1.54, 1.807) is 19.1 Å². The van der Waals surface area contributed by atoms with E-state index in [0.29, 0.717) is 34.1 Å². The summed E-state index contributed by atoms with van der Waals surface area (Å²) in [6.07, 6.45) is 1.44. The first-order valence-corrected chi connectivity index (χ1v) is 9.26. The smallest absolute Gasteiger partial charge is 0.317 e. The van der Waals surface area contributed by atoms with Crippen molar-refractivity contribution in [2.45, 2.75) is 38.8 Å². The molecule has 1 amide bonds. The van der Waals surface area contributed by atoms with Gasteiger partial charge in [0.25, 0.3) is 5.91 Å². The molecule has 7 nitrogen and oxygen atoms in total. The number of carboxylic acid groups (broad SMARTS) is 1. The number of aromatic nitrogens is 1. The number of rotatable bonds is 7. The predicted octanol–water partition coefficient (Wildman–Crippen LogP) is 2.97. The molecule has 8 heteroatoms. The molecule has 0 bridgehead atoms. The van der Waals surface area contributed by atoms with E-state index in [0.717, 1.165) is 12.8 Å². The minimum Gasteiger partial charge on any atom is -0.480 e. The van der Waals surface area contributed by atoms with Crippen LogP contribution in [0.2, 0.25) is 5.02 Å². The zero-order chi connectivity index (χ0) is 19.6. The van der Waals surface area contributed by atoms with Gasteiger partial charge in [-0.3, -0.25) is 14.5 Å². The summed E-state index contributed by atoms with van der Waals surface area (Å²) in [5.74, 6) is -0.665. The topological polar surface area (TPSA) is 95.7 Å². The second-order valence-corrected chi connectivity index (χ2v) is 7.10. The second-order valence-electron chi connectivity index (χ2n) is 6.69. The molecule has 1 fully saturated rings. The van der Waals surface area contributed by atoms with Crippen molar-refractivity contribution in [2.24, 2.45) is 0 Å². The number of carboxylic acids is 1. The van der Waals surface area contributed by atoms with Crippen LogP contribution in [0.5, 0.6) is 0 Å². The number of amides is 1. The van der Waals surface area contributed by atoms with Gasteiger partial charge in [0.1, 0.15) is 17.0 Å². The highest BCUT2D eigenvalue weighted by Crippen LogP contribution is 2.32. The average Bonchev–Trinajstić information content (AvgIpc) is 2.97. The number of hydrogen-bond donors (Lipinski definition) is 2. The van der Waals surface area contributed by atoms with Crippen molar-refractivity contribution in [1.82, 2.24) is 15.4 Å². The van der Waals surface area contributed by atoms with Gasteiger partial charge in [0.15, 0.2) is 0 Å². The maximum absolute atomic E-state index is 12.8. The monoisotopic (exact) mass is 391 g/mol. The Kier molecular flexibility index (Phi) is 5.82. The van der Waals surface area contributed by atoms with Crippen LogP contribution in [0, 0.1) is 6.92 Å². The lowest BCUT2D eigenvalue weighted by Crippen LogP contribution is -2.54. The zero-order valence-corrected chi connectivity index (χ0v) is 16.0. The molecule has 2 N–H and O–H groups in total. The molecule has 0 unspecified atom stereocenters. The molecule has 0 atom stereocenters. The Balaban J connectivity index is 1.68. The lowest BCUT2D eigenvalue weighted by Gasteiger charge is -2.42. The Morgan fingerprint density at radius 2 is 2.07 bits per heavy atom. The molecule has 0 aliphatic heterocycles. The Morgan fingerprint density at radius 3 is 2.70 bits per heavy atom. The average molecular weight is 392 g/mol. The van der Waals surface area contributed by atoms with Crippen LogP contribution in [-0.2, 0) is 4.79 Å². The Morgan fingerprint density at radius 1 is 1.37 bits per heavy atom. The largest absolute Gasteiger partial charge is 0.480 e. The molecule has 0 radical (unpaired) electrons. The number of aliphatic carboxylic acids is 1. The van der Waals surface area contributed by atoms with Crippen LogP contribution in [0.4, 0.5) is 0 Å². The lowest BCUT2D eigenvalue weighted by molar-refractivity contribution is -0.139. The van der Waals surface area contributed by atoms with Crippen molar-refractivity contribution in [3.05, 3.63) is 40.6 Å². The summed E-state index contributed by atoms with van der Waals surface area (Å²) in [5.41, 5.74) is 1.45. The van der Waals surface area contributed by atoms with E-state index in [4.69, 9.17) is 21.2 Å². The number of likely N-dealkylation sites (N-methyl/N-ethyl adjacent to an activating group) is 1. The van der Waals surface area contributed by atoms with Crippen molar-refractivity contribution < 1.29 is 19.2 Å². The molecule has 2 aromatic rings. The Bertz CT molecular complexity index is 845. The first-order valence-electron chi connectivity index (χ1n) is 8.88. The maximum Gasteiger partial charge on any atom is 0.317 e. The van der Waals surface area contributed by atoms with Crippen LogP contribution in [0.3, 0.4) is 0 Å². The predicted molar refractivity (Wildman–Crippen MR) is 101 cm³/mol. The maximum atomic E-state index is 12.8. The quantitative estimate of drug-likeness (QED) is 0.753. The van der Waals surface area contributed by atoms with E-state index < -0.39 is 5.97 Å². The fraction of sp³-hybridized carbons (Fsp3) is 0.421. The number of aryl methyl sites for hydroxylation is 1. The first-order chi connectivity index (χ1) is 12.9. The number of carbonyl (C=O) groups excluding carboxylic acids is 1. The Hall–Kier alpha value is -2.38. The molecule has 144 valence electrons. The molecule has 1 aliphatic carbocycles. The third-order valence-electron chi connectivity index (χ3n) is 4.93. The van der Waals surface area contributed by atoms with Crippen molar-refractivity contribution in [3.8, 4) is 11.3 Å². The minimum absolute atomic E-state index is 0.00117. The minimum atomic E-state index is -0.839. The van der Waals surface area contributed by atoms with Gasteiger partial charge in [-0.25, -0.2) is 0 Å². The van der Waals surface area contributed by atoms with Gasteiger partial charge in [0.2, 0.25) is 0 Å². The van der Waals surface area contributed by atoms with E-state index in [2.05, 4.69) is 10.5 Å². The highest BCUT2D eigenvalue weighted by atomic mass is 35.5. The second kappa shape index (κ2) is 8.10. The summed E-state index contributed by atoms with van der Waals surface area (Å²) in [5, 5.41) is 16.5. The number of benzene rings is 1. The highest BCUT2D eigenvalue weighted by Gasteiger charge is 2.36. The van der Waals surface area contributed by atoms with E-state index in [1.807, 2.05) is 24.0 Å². The molecule has 27 heavy (non-hydrogen) atoms. The molecular formula is C19H22ClN3O4. The number of nitrogens with one attached hydrogen (secondary N) is 1. The molecule has 1 saturated carbocycles. The summed E-state index contributed by atoms with van der Waals surface area (Å²) < 4.78 is 5.24. The number of hydrogen-bond acceptors (Lipinski definition) is 5. The molecule has 3 rings (SSSR count). The molecule has 1 heterocycles. The van der Waals surface area contributed by atoms with Crippen LogP contribution in [0.1, 0.15) is 35.9 Å². The van der Waals surface area contributed by atoms with Gasteiger partial charge in [0.05, 0.1) is 11.6 Å². The fourth-order valence-electron chi connectivity index (χ4n) is 3.41. The summed E-state index contributed by atoms with van der Waals surface area (Å²) in [7, 11) is 0. The summed E-state index contributed by atoms with van der Waals surface area (Å²) in [6, 6.07) is 7.33. The molecule has 1 aromatic carbocycles. The van der Waals surface area contributed by atoms with Crippen molar-refractivity contribution in [1.29, 1.82) is 0 Å². The normalized spacial score (nSPS) is 19.0. The Labute approximate surface area is 162 Å². The lowest BCUT2D eigenvalue weighted by atomic mass is 9.85. The van der Waals surface area contributed by atoms with Crippen molar-refractivity contribution in [2.75, 3.05) is 13.1 Å². The highest BCUT2D eigenvalue weighted by molar-refractivity contribution is 6.33. The standard InChI is InChI=1S/C19H22ClN3O4/c1-3-23(10-16(24)25)13-8-12(9-13)21-19(26)17-11(2)27-22-18(17)14-6-4-5-7-15(14)20/h4-7,12-13H,3,8-10H2,1-2H3,(H,21,26)(H,24,25). The van der Waals surface area contributed by atoms with Crippen LogP contribution in [-0.4, -0.2) is 52.2 Å². The summed E-state index contributed by atoms with van der Waals surface area (Å²) in [6.45, 7) is 4.31.